The molecule has 0 aliphatic carbocycles. The van der Waals surface area contributed by atoms with Crippen LogP contribution in [0.2, 0.25) is 0 Å². The molecule has 3 amide bonds. The first-order chi connectivity index (χ1) is 18.5. The van der Waals surface area contributed by atoms with Gasteiger partial charge in [-0.2, -0.15) is 0 Å². The maximum atomic E-state index is 15.0. The van der Waals surface area contributed by atoms with Gasteiger partial charge in [0.05, 0.1) is 30.5 Å². The minimum Gasteiger partial charge on any atom is -0.478 e. The minimum atomic E-state index is -1.49. The Labute approximate surface area is 220 Å². The van der Waals surface area contributed by atoms with Gasteiger partial charge in [0.2, 0.25) is 11.8 Å². The van der Waals surface area contributed by atoms with Gasteiger partial charge in [0, 0.05) is 39.2 Å². The molecule has 0 spiro atoms. The van der Waals surface area contributed by atoms with Gasteiger partial charge in [-0.25, -0.2) is 14.0 Å². The average molecular weight is 545 g/mol. The van der Waals surface area contributed by atoms with Crippen LogP contribution in [-0.4, -0.2) is 84.2 Å². The number of furan rings is 1. The number of carbonyl (C=O) groups is 4. The number of halogens is 1. The van der Waals surface area contributed by atoms with Gasteiger partial charge in [-0.1, -0.05) is 0 Å². The highest BCUT2D eigenvalue weighted by atomic mass is 19.1. The molecule has 0 bridgehead atoms. The number of hydrogen-bond donors (Lipinski definition) is 2. The van der Waals surface area contributed by atoms with E-state index in [0.29, 0.717) is 5.69 Å². The van der Waals surface area contributed by atoms with E-state index in [-0.39, 0.29) is 56.6 Å². The summed E-state index contributed by atoms with van der Waals surface area (Å²) in [7, 11) is 0. The van der Waals surface area contributed by atoms with Crippen molar-refractivity contribution in [2.45, 2.75) is 13.0 Å². The van der Waals surface area contributed by atoms with Gasteiger partial charge >= 0.3 is 17.9 Å². The fourth-order valence-corrected chi connectivity index (χ4v) is 4.21. The first kappa shape index (κ1) is 27.1. The summed E-state index contributed by atoms with van der Waals surface area (Å²) < 4.78 is 25.2. The Kier molecular flexibility index (Phi) is 7.78. The summed E-state index contributed by atoms with van der Waals surface area (Å²) in [5.74, 6) is -3.95. The van der Waals surface area contributed by atoms with Crippen LogP contribution in [0.1, 0.15) is 12.7 Å². The molecule has 2 N–H and O–H groups in total. The normalized spacial score (nSPS) is 17.7. The van der Waals surface area contributed by atoms with Gasteiger partial charge in [0.25, 0.3) is 0 Å². The van der Waals surface area contributed by atoms with Crippen LogP contribution in [0.3, 0.4) is 0 Å². The van der Waals surface area contributed by atoms with E-state index in [9.17, 15) is 34.4 Å². The van der Waals surface area contributed by atoms with Crippen molar-refractivity contribution in [1.82, 2.24) is 10.2 Å². The smallest absolute Gasteiger partial charge is 0.433 e. The zero-order valence-electron chi connectivity index (χ0n) is 20.7. The number of carboxylic acid groups (broad SMARTS) is 1. The van der Waals surface area contributed by atoms with Crippen LogP contribution >= 0.6 is 0 Å². The number of piperazine rings is 1. The number of carboxylic acids is 1. The number of ether oxygens (including phenoxy) is 1. The van der Waals surface area contributed by atoms with Gasteiger partial charge in [0.15, 0.2) is 0 Å². The molecule has 3 heterocycles. The van der Waals surface area contributed by atoms with Crippen LogP contribution in [0.4, 0.5) is 26.4 Å². The molecule has 4 rings (SSSR count). The fourth-order valence-electron chi connectivity index (χ4n) is 4.21. The first-order valence-electron chi connectivity index (χ1n) is 11.8. The Morgan fingerprint density at radius 1 is 1.21 bits per heavy atom. The predicted molar refractivity (Wildman–Crippen MR) is 132 cm³/mol. The molecular formula is C24H24FN5O9. The molecular weight excluding hydrogens is 521 g/mol. The van der Waals surface area contributed by atoms with E-state index < -0.39 is 46.3 Å². The van der Waals surface area contributed by atoms with Crippen molar-refractivity contribution in [2.75, 3.05) is 49.1 Å². The van der Waals surface area contributed by atoms with Crippen molar-refractivity contribution in [2.24, 2.45) is 0 Å². The van der Waals surface area contributed by atoms with Crippen LogP contribution in [0.5, 0.6) is 0 Å². The molecule has 14 nitrogen and oxygen atoms in total. The topological polar surface area (TPSA) is 176 Å². The average Bonchev–Trinajstić information content (AvgIpc) is 3.53. The van der Waals surface area contributed by atoms with Gasteiger partial charge in [0.1, 0.15) is 28.2 Å². The van der Waals surface area contributed by atoms with Crippen molar-refractivity contribution in [1.29, 1.82) is 0 Å². The highest BCUT2D eigenvalue weighted by molar-refractivity contribution is 6.19. The second-order valence-corrected chi connectivity index (χ2v) is 8.76. The number of nitro groups is 1. The zero-order valence-corrected chi connectivity index (χ0v) is 20.7. The molecule has 15 heteroatoms. The molecule has 206 valence electrons. The lowest BCUT2D eigenvalue weighted by atomic mass is 10.1. The number of aliphatic carboxylic acids is 1. The van der Waals surface area contributed by atoms with Crippen LogP contribution in [0.25, 0.3) is 5.57 Å². The number of rotatable bonds is 8. The molecule has 2 aliphatic heterocycles. The lowest BCUT2D eigenvalue weighted by molar-refractivity contribution is -0.402. The highest BCUT2D eigenvalue weighted by Gasteiger charge is 2.33. The van der Waals surface area contributed by atoms with E-state index in [1.54, 1.807) is 11.0 Å². The first-order valence-corrected chi connectivity index (χ1v) is 11.8. The summed E-state index contributed by atoms with van der Waals surface area (Å²) in [5.41, 5.74) is 0.0275. The van der Waals surface area contributed by atoms with Gasteiger partial charge in [-0.15, -0.1) is 0 Å². The second-order valence-electron chi connectivity index (χ2n) is 8.76. The zero-order chi connectivity index (χ0) is 28.3. The van der Waals surface area contributed by atoms with E-state index in [0.717, 1.165) is 18.2 Å². The number of nitrogens with one attached hydrogen (secondary N) is 1. The van der Waals surface area contributed by atoms with Crippen molar-refractivity contribution in [3.05, 3.63) is 58.1 Å². The third-order valence-electron chi connectivity index (χ3n) is 6.16. The number of cyclic esters (lactones) is 1. The molecule has 1 atom stereocenters. The molecule has 0 saturated carbocycles. The molecule has 2 saturated heterocycles. The van der Waals surface area contributed by atoms with Gasteiger partial charge in [-0.3, -0.25) is 24.6 Å². The molecule has 0 radical (unpaired) electrons. The number of benzene rings is 1. The molecule has 2 fully saturated rings. The standard InChI is InChI=1S/C24H24FN5O9/c1-14(31)26-12-16-13-29(24(35)38-16)15-2-3-19(18(25)10-15)27-6-8-28(9-7-27)21(32)11-17(23(33)34)20-4-5-22(39-20)30(36)37/h2-5,10-11,16H,6-9,12-13H2,1H3,(H,26,31)(H,33,34)/b17-11+/t16-/m0/s1. The summed E-state index contributed by atoms with van der Waals surface area (Å²) in [4.78, 5) is 62.0. The third-order valence-corrected chi connectivity index (χ3v) is 6.16. The number of amides is 3. The monoisotopic (exact) mass is 545 g/mol. The fraction of sp³-hybridized carbons (Fsp3) is 0.333. The molecule has 1 aromatic heterocycles. The van der Waals surface area contributed by atoms with Crippen molar-refractivity contribution >= 4 is 46.7 Å². The Bertz CT molecular complexity index is 1350. The van der Waals surface area contributed by atoms with Crippen LogP contribution < -0.4 is 15.1 Å². The lowest BCUT2D eigenvalue weighted by Crippen LogP contribution is -2.48. The third kappa shape index (κ3) is 6.14. The van der Waals surface area contributed by atoms with Gasteiger partial charge < -0.3 is 29.4 Å². The van der Waals surface area contributed by atoms with E-state index in [2.05, 4.69) is 5.32 Å². The number of hydrogen-bond acceptors (Lipinski definition) is 9. The lowest BCUT2D eigenvalue weighted by Gasteiger charge is -2.36. The van der Waals surface area contributed by atoms with E-state index in [4.69, 9.17) is 9.15 Å². The van der Waals surface area contributed by atoms with E-state index in [1.807, 2.05) is 0 Å². The summed E-state index contributed by atoms with van der Waals surface area (Å²) in [6, 6.07) is 6.39. The molecule has 1 aromatic carbocycles. The van der Waals surface area contributed by atoms with E-state index in [1.165, 1.54) is 28.9 Å². The SMILES string of the molecule is CC(=O)NC[C@H]1CN(c2ccc(N3CCN(C(=O)/C=C(/C(=O)O)c4ccc([N+](=O)[O-])o4)CC3)c(F)c2)C(=O)O1. The Hall–Kier alpha value is -4.95. The Morgan fingerprint density at radius 2 is 1.92 bits per heavy atom. The number of anilines is 2. The molecule has 39 heavy (non-hydrogen) atoms. The van der Waals surface area contributed by atoms with Crippen molar-refractivity contribution < 1.29 is 42.8 Å². The maximum Gasteiger partial charge on any atom is 0.433 e. The summed E-state index contributed by atoms with van der Waals surface area (Å²) in [5, 5.41) is 22.8. The van der Waals surface area contributed by atoms with Gasteiger partial charge in [-0.05, 0) is 24.3 Å². The molecule has 0 unspecified atom stereocenters. The summed E-state index contributed by atoms with van der Waals surface area (Å²) in [6.07, 6.45) is -0.375. The van der Waals surface area contributed by atoms with Crippen LogP contribution in [0.15, 0.2) is 40.8 Å². The van der Waals surface area contributed by atoms with Crippen LogP contribution in [-0.2, 0) is 19.1 Å². The largest absolute Gasteiger partial charge is 0.478 e. The molecule has 2 aromatic rings. The van der Waals surface area contributed by atoms with Crippen LogP contribution in [0, 0.1) is 15.9 Å². The quantitative estimate of drug-likeness (QED) is 0.281. The summed E-state index contributed by atoms with van der Waals surface area (Å²) in [6.45, 7) is 2.45. The second kappa shape index (κ2) is 11.2. The minimum absolute atomic E-state index is 0.145. The van der Waals surface area contributed by atoms with Crippen molar-refractivity contribution in [3.8, 4) is 0 Å². The van der Waals surface area contributed by atoms with E-state index >= 15 is 4.39 Å². The predicted octanol–water partition coefficient (Wildman–Crippen LogP) is 1.61. The maximum absolute atomic E-state index is 15.0. The Morgan fingerprint density at radius 3 is 2.51 bits per heavy atom. The number of nitrogens with zero attached hydrogens (tertiary/aromatic N) is 4. The van der Waals surface area contributed by atoms with Crippen molar-refractivity contribution in [3.63, 3.8) is 0 Å². The highest BCUT2D eigenvalue weighted by Crippen LogP contribution is 2.29. The molecule has 2 aliphatic rings. The summed E-state index contributed by atoms with van der Waals surface area (Å²) >= 11 is 0. The Balaban J connectivity index is 1.38. The number of carbonyl (C=O) groups excluding carboxylic acids is 3.